The van der Waals surface area contributed by atoms with Crippen molar-refractivity contribution in [1.82, 2.24) is 20.2 Å². The van der Waals surface area contributed by atoms with Gasteiger partial charge in [0, 0.05) is 16.4 Å². The Hall–Kier alpha value is -2.54. The third kappa shape index (κ3) is 4.23. The summed E-state index contributed by atoms with van der Waals surface area (Å²) in [5.41, 5.74) is 3.02. The zero-order valence-electron chi connectivity index (χ0n) is 12.5. The number of hydrogen-bond acceptors (Lipinski definition) is 6. The molecule has 1 aromatic carbocycles. The molecule has 2 heterocycles. The van der Waals surface area contributed by atoms with Crippen molar-refractivity contribution in [3.63, 3.8) is 0 Å². The Morgan fingerprint density at radius 2 is 2.09 bits per heavy atom. The van der Waals surface area contributed by atoms with Crippen molar-refractivity contribution in [2.45, 2.75) is 13.5 Å². The number of aromatic nitrogens is 4. The topological polar surface area (TPSA) is 75.6 Å². The van der Waals surface area contributed by atoms with E-state index in [1.54, 1.807) is 12.4 Å². The summed E-state index contributed by atoms with van der Waals surface area (Å²) in [6, 6.07) is 11.8. The van der Waals surface area contributed by atoms with Crippen molar-refractivity contribution >= 4 is 33.4 Å². The van der Waals surface area contributed by atoms with Crippen LogP contribution in [0.15, 0.2) is 53.3 Å². The average molecular weight is 371 g/mol. The molecule has 3 rings (SSSR count). The lowest BCUT2D eigenvalue weighted by atomic mass is 10.2. The highest BCUT2D eigenvalue weighted by Gasteiger charge is 2.03. The molecule has 7 heteroatoms. The van der Waals surface area contributed by atoms with Gasteiger partial charge >= 0.3 is 0 Å². The molecule has 0 saturated carbocycles. The molecule has 0 unspecified atom stereocenters. The first-order valence-corrected chi connectivity index (χ1v) is 7.87. The van der Waals surface area contributed by atoms with E-state index in [4.69, 9.17) is 0 Å². The van der Waals surface area contributed by atoms with E-state index in [1.165, 1.54) is 5.56 Å². The molecule has 0 atom stereocenters. The number of anilines is 3. The lowest BCUT2D eigenvalue weighted by Crippen LogP contribution is -2.07. The molecule has 2 aromatic heterocycles. The van der Waals surface area contributed by atoms with Gasteiger partial charge in [0.2, 0.25) is 5.95 Å². The molecule has 0 spiro atoms. The summed E-state index contributed by atoms with van der Waals surface area (Å²) in [6.45, 7) is 2.59. The molecule has 0 aliphatic rings. The van der Waals surface area contributed by atoms with E-state index in [2.05, 4.69) is 46.7 Å². The Bertz CT molecular complexity index is 794. The average Bonchev–Trinajstić information content (AvgIpc) is 2.58. The van der Waals surface area contributed by atoms with Crippen LogP contribution in [0.5, 0.6) is 0 Å². The number of benzene rings is 1. The van der Waals surface area contributed by atoms with Crippen molar-refractivity contribution < 1.29 is 0 Å². The van der Waals surface area contributed by atoms with E-state index in [9.17, 15) is 0 Å². The van der Waals surface area contributed by atoms with Gasteiger partial charge in [0.25, 0.3) is 0 Å². The molecule has 0 saturated heterocycles. The Labute approximate surface area is 142 Å². The maximum atomic E-state index is 4.40. The Balaban J connectivity index is 1.68. The molecule has 0 bridgehead atoms. The minimum absolute atomic E-state index is 0.451. The van der Waals surface area contributed by atoms with Gasteiger partial charge in [-0.15, -0.1) is 5.10 Å². The highest BCUT2D eigenvalue weighted by molar-refractivity contribution is 9.10. The second kappa shape index (κ2) is 7.15. The summed E-state index contributed by atoms with van der Waals surface area (Å²) < 4.78 is 1.04. The van der Waals surface area contributed by atoms with Crippen LogP contribution in [-0.4, -0.2) is 20.2 Å². The molecule has 6 nitrogen and oxygen atoms in total. The molecular weight excluding hydrogens is 356 g/mol. The van der Waals surface area contributed by atoms with Crippen molar-refractivity contribution in [2.24, 2.45) is 0 Å². The van der Waals surface area contributed by atoms with Crippen LogP contribution in [0.25, 0.3) is 0 Å². The number of nitrogens with one attached hydrogen (secondary N) is 2. The monoisotopic (exact) mass is 370 g/mol. The van der Waals surface area contributed by atoms with Crippen LogP contribution >= 0.6 is 15.9 Å². The van der Waals surface area contributed by atoms with Crippen molar-refractivity contribution in [3.05, 3.63) is 64.5 Å². The third-order valence-electron chi connectivity index (χ3n) is 3.16. The van der Waals surface area contributed by atoms with Crippen LogP contribution in [0, 0.1) is 6.92 Å². The predicted octanol–water partition coefficient (Wildman–Crippen LogP) is 3.69. The maximum absolute atomic E-state index is 4.40. The van der Waals surface area contributed by atoms with Gasteiger partial charge < -0.3 is 10.6 Å². The van der Waals surface area contributed by atoms with Gasteiger partial charge in [0.15, 0.2) is 5.82 Å². The molecule has 0 aliphatic heterocycles. The summed E-state index contributed by atoms with van der Waals surface area (Å²) in [6.07, 6.45) is 3.34. The Morgan fingerprint density at radius 3 is 2.87 bits per heavy atom. The third-order valence-corrected chi connectivity index (χ3v) is 4.01. The molecule has 0 fully saturated rings. The van der Waals surface area contributed by atoms with E-state index in [0.29, 0.717) is 18.3 Å². The molecule has 116 valence electrons. The molecule has 0 radical (unpaired) electrons. The summed E-state index contributed by atoms with van der Waals surface area (Å²) in [4.78, 5) is 8.64. The van der Waals surface area contributed by atoms with Crippen molar-refractivity contribution in [3.8, 4) is 0 Å². The molecule has 2 N–H and O–H groups in total. The first-order valence-electron chi connectivity index (χ1n) is 7.07. The van der Waals surface area contributed by atoms with Crippen LogP contribution < -0.4 is 10.6 Å². The van der Waals surface area contributed by atoms with Crippen LogP contribution in [-0.2, 0) is 6.54 Å². The number of pyridine rings is 1. The maximum Gasteiger partial charge on any atom is 0.245 e. The van der Waals surface area contributed by atoms with Crippen molar-refractivity contribution in [2.75, 3.05) is 10.6 Å². The van der Waals surface area contributed by atoms with E-state index in [1.807, 2.05) is 43.3 Å². The first kappa shape index (κ1) is 15.4. The van der Waals surface area contributed by atoms with Gasteiger partial charge in [-0.1, -0.05) is 28.1 Å². The molecular formula is C16H15BrN6. The number of rotatable bonds is 5. The second-order valence-corrected chi connectivity index (χ2v) is 5.78. The number of halogens is 1. The van der Waals surface area contributed by atoms with Crippen molar-refractivity contribution in [1.29, 1.82) is 0 Å². The van der Waals surface area contributed by atoms with Gasteiger partial charge in [-0.3, -0.25) is 4.98 Å². The number of hydrogen-bond donors (Lipinski definition) is 2. The van der Waals surface area contributed by atoms with Gasteiger partial charge in [0.05, 0.1) is 18.4 Å². The quantitative estimate of drug-likeness (QED) is 0.713. The minimum atomic E-state index is 0.451. The second-order valence-electron chi connectivity index (χ2n) is 4.93. The summed E-state index contributed by atoms with van der Waals surface area (Å²) in [5, 5.41) is 14.3. The Morgan fingerprint density at radius 1 is 1.17 bits per heavy atom. The predicted molar refractivity (Wildman–Crippen MR) is 93.6 cm³/mol. The lowest BCUT2D eigenvalue weighted by molar-refractivity contribution is 0.934. The van der Waals surface area contributed by atoms with Crippen LogP contribution in [0.1, 0.15) is 11.3 Å². The number of nitrogens with zero attached hydrogens (tertiary/aromatic N) is 4. The molecule has 0 aliphatic carbocycles. The summed E-state index contributed by atoms with van der Waals surface area (Å²) >= 11 is 3.52. The lowest BCUT2D eigenvalue weighted by Gasteiger charge is -2.08. The largest absolute Gasteiger partial charge is 0.347 e. The van der Waals surface area contributed by atoms with E-state index >= 15 is 0 Å². The van der Waals surface area contributed by atoms with E-state index in [-0.39, 0.29) is 0 Å². The van der Waals surface area contributed by atoms with Gasteiger partial charge in [-0.05, 0) is 36.8 Å². The summed E-state index contributed by atoms with van der Waals surface area (Å²) in [5.74, 6) is 1.08. The van der Waals surface area contributed by atoms with Crippen LogP contribution in [0.3, 0.4) is 0 Å². The molecule has 3 aromatic rings. The zero-order valence-corrected chi connectivity index (χ0v) is 14.1. The Kier molecular flexibility index (Phi) is 4.77. The van der Waals surface area contributed by atoms with Gasteiger partial charge in [-0.25, -0.2) is 0 Å². The zero-order chi connectivity index (χ0) is 16.1. The van der Waals surface area contributed by atoms with Gasteiger partial charge in [-0.2, -0.15) is 10.1 Å². The summed E-state index contributed by atoms with van der Waals surface area (Å²) in [7, 11) is 0. The minimum Gasteiger partial charge on any atom is -0.347 e. The standard InChI is InChI=1S/C16H15BrN6/c1-11-5-6-12(8-14(11)17)21-15-10-20-23-16(22-15)19-9-13-4-2-3-7-18-13/h2-8,10H,9H2,1H3,(H2,19,21,22,23). The highest BCUT2D eigenvalue weighted by Crippen LogP contribution is 2.22. The van der Waals surface area contributed by atoms with Crippen LogP contribution in [0.2, 0.25) is 0 Å². The smallest absolute Gasteiger partial charge is 0.245 e. The van der Waals surface area contributed by atoms with Crippen LogP contribution in [0.4, 0.5) is 17.5 Å². The number of aryl methyl sites for hydroxylation is 1. The first-order chi connectivity index (χ1) is 11.2. The van der Waals surface area contributed by atoms with E-state index < -0.39 is 0 Å². The normalized spacial score (nSPS) is 10.3. The molecule has 23 heavy (non-hydrogen) atoms. The van der Waals surface area contributed by atoms with Gasteiger partial charge in [0.1, 0.15) is 0 Å². The highest BCUT2D eigenvalue weighted by atomic mass is 79.9. The molecule has 0 amide bonds. The fraction of sp³-hybridized carbons (Fsp3) is 0.125. The fourth-order valence-electron chi connectivity index (χ4n) is 1.93. The fourth-order valence-corrected chi connectivity index (χ4v) is 2.31. The van der Waals surface area contributed by atoms with E-state index in [0.717, 1.165) is 15.9 Å². The SMILES string of the molecule is Cc1ccc(Nc2cnnc(NCc3ccccn3)n2)cc1Br.